The molecule has 0 aromatic carbocycles. The van der Waals surface area contributed by atoms with Gasteiger partial charge in [-0.3, -0.25) is 0 Å². The predicted octanol–water partition coefficient (Wildman–Crippen LogP) is 1.43. The fraction of sp³-hybridized carbons (Fsp3) is 0.214. The minimum atomic E-state index is 0.0360. The lowest BCUT2D eigenvalue weighted by atomic mass is 10.1. The molecule has 0 aliphatic carbocycles. The lowest BCUT2D eigenvalue weighted by Crippen LogP contribution is -2.07. The third-order valence-corrected chi connectivity index (χ3v) is 3.06. The first-order chi connectivity index (χ1) is 10.3. The number of aromatic nitrogens is 4. The van der Waals surface area contributed by atoms with E-state index in [0.717, 1.165) is 16.6 Å². The van der Waals surface area contributed by atoms with Gasteiger partial charge in [-0.2, -0.15) is 0 Å². The van der Waals surface area contributed by atoms with E-state index < -0.39 is 0 Å². The molecule has 0 radical (unpaired) electrons. The van der Waals surface area contributed by atoms with Gasteiger partial charge in [-0.15, -0.1) is 0 Å². The number of nitrogens with zero attached hydrogens (tertiary/aromatic N) is 3. The van der Waals surface area contributed by atoms with Crippen LogP contribution in [0, 0.1) is 0 Å². The van der Waals surface area contributed by atoms with Crippen molar-refractivity contribution in [2.24, 2.45) is 0 Å². The van der Waals surface area contributed by atoms with Crippen molar-refractivity contribution in [1.29, 1.82) is 0 Å². The maximum atomic E-state index is 8.93. The third-order valence-electron chi connectivity index (χ3n) is 3.06. The van der Waals surface area contributed by atoms with Gasteiger partial charge in [0.15, 0.2) is 0 Å². The van der Waals surface area contributed by atoms with Gasteiger partial charge < -0.3 is 20.1 Å². The summed E-state index contributed by atoms with van der Waals surface area (Å²) in [5, 5.41) is 12.9. The van der Waals surface area contributed by atoms with E-state index in [1.54, 1.807) is 19.5 Å². The molecule has 21 heavy (non-hydrogen) atoms. The highest BCUT2D eigenvalue weighted by molar-refractivity contribution is 5.94. The summed E-state index contributed by atoms with van der Waals surface area (Å²) in [6, 6.07) is 3.81. The minimum Gasteiger partial charge on any atom is -0.479 e. The monoisotopic (exact) mass is 285 g/mol. The molecule has 0 spiro atoms. The number of ether oxygens (including phenoxy) is 1. The summed E-state index contributed by atoms with van der Waals surface area (Å²) in [5.74, 6) is 1.11. The smallest absolute Gasteiger partial charge is 0.240 e. The first-order valence-electron chi connectivity index (χ1n) is 6.51. The van der Waals surface area contributed by atoms with E-state index in [1.807, 2.05) is 18.3 Å². The van der Waals surface area contributed by atoms with Gasteiger partial charge in [-0.05, 0) is 12.1 Å². The quantitative estimate of drug-likeness (QED) is 0.656. The van der Waals surface area contributed by atoms with Crippen LogP contribution < -0.4 is 10.1 Å². The molecule has 0 bridgehead atoms. The van der Waals surface area contributed by atoms with Gasteiger partial charge in [0.2, 0.25) is 5.88 Å². The average Bonchev–Trinajstić information content (AvgIpc) is 3.00. The van der Waals surface area contributed by atoms with Crippen LogP contribution in [-0.4, -0.2) is 45.3 Å². The SMILES string of the molecule is COc1nccnc1-c1cc(NCCO)nc2[nH]ccc12. The zero-order valence-corrected chi connectivity index (χ0v) is 11.5. The molecule has 0 fully saturated rings. The molecule has 0 aliphatic rings. The number of hydrogen-bond donors (Lipinski definition) is 3. The topological polar surface area (TPSA) is 96.0 Å². The van der Waals surface area contributed by atoms with Crippen LogP contribution in [0.25, 0.3) is 22.3 Å². The Morgan fingerprint density at radius 1 is 1.33 bits per heavy atom. The molecular weight excluding hydrogens is 270 g/mol. The van der Waals surface area contributed by atoms with Crippen LogP contribution in [-0.2, 0) is 0 Å². The van der Waals surface area contributed by atoms with Crippen molar-refractivity contribution in [2.75, 3.05) is 25.6 Å². The highest BCUT2D eigenvalue weighted by atomic mass is 16.5. The molecule has 0 aliphatic heterocycles. The fourth-order valence-corrected chi connectivity index (χ4v) is 2.17. The van der Waals surface area contributed by atoms with Gasteiger partial charge in [-0.25, -0.2) is 15.0 Å². The van der Waals surface area contributed by atoms with Crippen molar-refractivity contribution in [2.45, 2.75) is 0 Å². The Labute approximate surface area is 121 Å². The molecule has 7 heteroatoms. The van der Waals surface area contributed by atoms with Crippen LogP contribution in [0.1, 0.15) is 0 Å². The molecule has 0 unspecified atom stereocenters. The maximum absolute atomic E-state index is 8.93. The molecule has 0 amide bonds. The second kappa shape index (κ2) is 5.76. The Balaban J connectivity index is 2.17. The van der Waals surface area contributed by atoms with Crippen molar-refractivity contribution in [1.82, 2.24) is 19.9 Å². The van der Waals surface area contributed by atoms with E-state index in [9.17, 15) is 0 Å². The second-order valence-electron chi connectivity index (χ2n) is 4.36. The number of H-pyrrole nitrogens is 1. The Hall–Kier alpha value is -2.67. The van der Waals surface area contributed by atoms with Crippen LogP contribution in [0.3, 0.4) is 0 Å². The first-order valence-corrected chi connectivity index (χ1v) is 6.51. The molecule has 7 nitrogen and oxygen atoms in total. The van der Waals surface area contributed by atoms with Gasteiger partial charge in [-0.1, -0.05) is 0 Å². The first kappa shape index (κ1) is 13.3. The van der Waals surface area contributed by atoms with E-state index in [-0.39, 0.29) is 6.61 Å². The van der Waals surface area contributed by atoms with Crippen LogP contribution in [0.2, 0.25) is 0 Å². The van der Waals surface area contributed by atoms with Crippen molar-refractivity contribution < 1.29 is 9.84 Å². The Morgan fingerprint density at radius 3 is 3.00 bits per heavy atom. The number of aliphatic hydroxyl groups is 1. The summed E-state index contributed by atoms with van der Waals surface area (Å²) < 4.78 is 5.28. The molecular formula is C14H15N5O2. The molecule has 3 heterocycles. The zero-order chi connectivity index (χ0) is 14.7. The van der Waals surface area contributed by atoms with Gasteiger partial charge in [0.1, 0.15) is 17.2 Å². The van der Waals surface area contributed by atoms with E-state index in [4.69, 9.17) is 9.84 Å². The number of hydrogen-bond acceptors (Lipinski definition) is 6. The van der Waals surface area contributed by atoms with E-state index in [2.05, 4.69) is 25.3 Å². The van der Waals surface area contributed by atoms with E-state index in [0.29, 0.717) is 23.9 Å². The number of aliphatic hydroxyl groups excluding tert-OH is 1. The lowest BCUT2D eigenvalue weighted by molar-refractivity contribution is 0.311. The van der Waals surface area contributed by atoms with Crippen LogP contribution in [0.5, 0.6) is 5.88 Å². The summed E-state index contributed by atoms with van der Waals surface area (Å²) in [6.07, 6.45) is 5.03. The second-order valence-corrected chi connectivity index (χ2v) is 4.36. The number of anilines is 1. The summed E-state index contributed by atoms with van der Waals surface area (Å²) in [5.41, 5.74) is 2.26. The van der Waals surface area contributed by atoms with E-state index in [1.165, 1.54) is 0 Å². The molecule has 3 N–H and O–H groups in total. The van der Waals surface area contributed by atoms with Gasteiger partial charge in [0.05, 0.1) is 13.7 Å². The van der Waals surface area contributed by atoms with Crippen molar-refractivity contribution in [3.05, 3.63) is 30.7 Å². The normalized spacial score (nSPS) is 10.8. The Morgan fingerprint density at radius 2 is 2.19 bits per heavy atom. The Kier molecular flexibility index (Phi) is 3.65. The number of nitrogens with one attached hydrogen (secondary N) is 2. The molecule has 3 aromatic heterocycles. The summed E-state index contributed by atoms with van der Waals surface area (Å²) in [4.78, 5) is 16.1. The molecule has 0 saturated carbocycles. The van der Waals surface area contributed by atoms with Gasteiger partial charge in [0, 0.05) is 36.1 Å². The minimum absolute atomic E-state index is 0.0360. The molecule has 0 saturated heterocycles. The van der Waals surface area contributed by atoms with Crippen LogP contribution in [0.15, 0.2) is 30.7 Å². The van der Waals surface area contributed by atoms with E-state index >= 15 is 0 Å². The zero-order valence-electron chi connectivity index (χ0n) is 11.5. The highest BCUT2D eigenvalue weighted by Gasteiger charge is 2.14. The lowest BCUT2D eigenvalue weighted by Gasteiger charge is -2.10. The number of pyridine rings is 1. The van der Waals surface area contributed by atoms with Crippen molar-refractivity contribution >= 4 is 16.9 Å². The van der Waals surface area contributed by atoms with Crippen molar-refractivity contribution in [3.63, 3.8) is 0 Å². The average molecular weight is 285 g/mol. The molecule has 3 aromatic rings. The highest BCUT2D eigenvalue weighted by Crippen LogP contribution is 2.32. The Bertz CT molecular complexity index is 756. The summed E-state index contributed by atoms with van der Waals surface area (Å²) in [7, 11) is 1.56. The third kappa shape index (κ3) is 2.50. The fourth-order valence-electron chi connectivity index (χ4n) is 2.17. The number of methoxy groups -OCH3 is 1. The molecule has 3 rings (SSSR count). The van der Waals surface area contributed by atoms with Crippen LogP contribution >= 0.6 is 0 Å². The molecule has 108 valence electrons. The summed E-state index contributed by atoms with van der Waals surface area (Å²) in [6.45, 7) is 0.463. The standard InChI is InChI=1S/C14H15N5O2/c1-21-14-12(16-4-5-18-14)10-8-11(15-6-7-20)19-13-9(10)2-3-17-13/h2-5,8,20H,6-7H2,1H3,(H2,15,17,19). The maximum Gasteiger partial charge on any atom is 0.240 e. The largest absolute Gasteiger partial charge is 0.479 e. The van der Waals surface area contributed by atoms with Gasteiger partial charge >= 0.3 is 0 Å². The number of fused-ring (bicyclic) bond motifs is 1. The van der Waals surface area contributed by atoms with Crippen molar-refractivity contribution in [3.8, 4) is 17.1 Å². The molecule has 0 atom stereocenters. The number of aromatic amines is 1. The summed E-state index contributed by atoms with van der Waals surface area (Å²) >= 11 is 0. The number of rotatable bonds is 5. The van der Waals surface area contributed by atoms with Gasteiger partial charge in [0.25, 0.3) is 0 Å². The van der Waals surface area contributed by atoms with Crippen LogP contribution in [0.4, 0.5) is 5.82 Å². The predicted molar refractivity (Wildman–Crippen MR) is 79.2 cm³/mol.